The number of thiocarbonyl (C=S) groups is 1. The van der Waals surface area contributed by atoms with Gasteiger partial charge in [0.25, 0.3) is 0 Å². The molecule has 0 saturated carbocycles. The molecule has 0 spiro atoms. The molecule has 0 amide bonds. The number of hydrogen-bond acceptors (Lipinski definition) is 2. The normalized spacial score (nSPS) is 20.2. The third-order valence-electron chi connectivity index (χ3n) is 4.33. The first kappa shape index (κ1) is 14.9. The van der Waals surface area contributed by atoms with Crippen molar-refractivity contribution in [3.8, 4) is 0 Å². The fourth-order valence-electron chi connectivity index (χ4n) is 3.26. The smallest absolute Gasteiger partial charge is 0.174 e. The number of pyridine rings is 1. The molecule has 3 aromatic rings. The summed E-state index contributed by atoms with van der Waals surface area (Å²) in [5.41, 5.74) is 3.29. The number of hydrogen-bond donors (Lipinski definition) is 1. The van der Waals surface area contributed by atoms with Crippen LogP contribution < -0.4 is 10.2 Å². The molecule has 1 saturated heterocycles. The van der Waals surface area contributed by atoms with Crippen LogP contribution in [0, 0.1) is 0 Å². The van der Waals surface area contributed by atoms with E-state index in [9.17, 15) is 0 Å². The maximum atomic E-state index is 5.66. The van der Waals surface area contributed by atoms with Crippen LogP contribution in [0.15, 0.2) is 73.2 Å². The van der Waals surface area contributed by atoms with Gasteiger partial charge in [-0.3, -0.25) is 4.98 Å². The maximum absolute atomic E-state index is 5.66. The van der Waals surface area contributed by atoms with Crippen LogP contribution in [0.1, 0.15) is 23.3 Å². The molecule has 120 valence electrons. The Morgan fingerprint density at radius 2 is 1.83 bits per heavy atom. The van der Waals surface area contributed by atoms with Crippen molar-refractivity contribution in [1.29, 1.82) is 0 Å². The summed E-state index contributed by atoms with van der Waals surface area (Å²) in [4.78, 5) is 6.73. The Hall–Kier alpha value is -2.66. The van der Waals surface area contributed by atoms with Gasteiger partial charge >= 0.3 is 0 Å². The topological polar surface area (TPSA) is 33.1 Å². The van der Waals surface area contributed by atoms with Crippen LogP contribution in [0.4, 0.5) is 5.69 Å². The summed E-state index contributed by atoms with van der Waals surface area (Å²) in [5.74, 6) is 0. The van der Waals surface area contributed by atoms with E-state index < -0.39 is 0 Å². The average Bonchev–Trinajstić information content (AvgIpc) is 3.19. The number of nitrogens with one attached hydrogen (secondary N) is 1. The van der Waals surface area contributed by atoms with Crippen molar-refractivity contribution in [3.63, 3.8) is 0 Å². The lowest BCUT2D eigenvalue weighted by molar-refractivity contribution is 0.567. The van der Waals surface area contributed by atoms with Gasteiger partial charge in [0.15, 0.2) is 5.11 Å². The summed E-state index contributed by atoms with van der Waals surface area (Å²) in [6, 6.07) is 18.5. The van der Waals surface area contributed by atoms with Gasteiger partial charge in [0.2, 0.25) is 0 Å². The standard InChI is InChI=1S/C19H18N4S/c1-22-12-10-14(13-22)18-17(16-9-5-6-11-20-16)21-19(24)23(18)15-7-3-2-4-8-15/h2-13,17-18H,1H3,(H,21,24). The highest BCUT2D eigenvalue weighted by Crippen LogP contribution is 2.41. The predicted octanol–water partition coefficient (Wildman–Crippen LogP) is 3.60. The Bertz CT molecular complexity index is 844. The number of aryl methyl sites for hydroxylation is 1. The molecule has 5 heteroatoms. The molecule has 1 aromatic carbocycles. The summed E-state index contributed by atoms with van der Waals surface area (Å²) in [5, 5.41) is 4.19. The second-order valence-corrected chi connectivity index (χ2v) is 6.33. The molecular weight excluding hydrogens is 316 g/mol. The zero-order chi connectivity index (χ0) is 16.5. The van der Waals surface area contributed by atoms with Crippen molar-refractivity contribution < 1.29 is 0 Å². The average molecular weight is 334 g/mol. The second-order valence-electron chi connectivity index (χ2n) is 5.94. The first-order valence-corrected chi connectivity index (χ1v) is 8.32. The number of benzene rings is 1. The minimum atomic E-state index is 0.0151. The van der Waals surface area contributed by atoms with Crippen LogP contribution in [-0.2, 0) is 7.05 Å². The zero-order valence-electron chi connectivity index (χ0n) is 13.3. The Balaban J connectivity index is 1.82. The molecule has 1 aliphatic heterocycles. The van der Waals surface area contributed by atoms with Crippen molar-refractivity contribution in [3.05, 3.63) is 84.4 Å². The van der Waals surface area contributed by atoms with Crippen molar-refractivity contribution in [1.82, 2.24) is 14.9 Å². The summed E-state index contributed by atoms with van der Waals surface area (Å²) < 4.78 is 2.06. The number of nitrogens with zero attached hydrogens (tertiary/aromatic N) is 3. The largest absolute Gasteiger partial charge is 0.357 e. The van der Waals surface area contributed by atoms with Crippen LogP contribution >= 0.6 is 12.2 Å². The van der Waals surface area contributed by atoms with Crippen molar-refractivity contribution in [2.75, 3.05) is 4.90 Å². The van der Waals surface area contributed by atoms with E-state index in [1.807, 2.05) is 49.6 Å². The van der Waals surface area contributed by atoms with Crippen molar-refractivity contribution in [2.45, 2.75) is 12.1 Å². The van der Waals surface area contributed by atoms with Gasteiger partial charge in [0.1, 0.15) is 0 Å². The van der Waals surface area contributed by atoms with Crippen molar-refractivity contribution >= 4 is 23.0 Å². The minimum absolute atomic E-state index is 0.0151. The first-order valence-electron chi connectivity index (χ1n) is 7.91. The Morgan fingerprint density at radius 1 is 1.04 bits per heavy atom. The SMILES string of the molecule is Cn1ccc(C2C(c3ccccn3)NC(=S)N2c2ccccc2)c1. The predicted molar refractivity (Wildman–Crippen MR) is 99.8 cm³/mol. The van der Waals surface area contributed by atoms with Crippen LogP contribution in [0.25, 0.3) is 0 Å². The van der Waals surface area contributed by atoms with Gasteiger partial charge in [-0.05, 0) is 48.1 Å². The van der Waals surface area contributed by atoms with Gasteiger partial charge in [0.05, 0.1) is 17.8 Å². The lowest BCUT2D eigenvalue weighted by atomic mass is 9.99. The zero-order valence-corrected chi connectivity index (χ0v) is 14.1. The summed E-state index contributed by atoms with van der Waals surface area (Å²) in [7, 11) is 2.03. The van der Waals surface area contributed by atoms with Crippen LogP contribution in [0.2, 0.25) is 0 Å². The quantitative estimate of drug-likeness (QED) is 0.742. The van der Waals surface area contributed by atoms with E-state index in [1.165, 1.54) is 5.56 Å². The van der Waals surface area contributed by atoms with E-state index in [0.29, 0.717) is 0 Å². The lowest BCUT2D eigenvalue weighted by Gasteiger charge is -2.27. The Kier molecular flexibility index (Phi) is 3.78. The van der Waals surface area contributed by atoms with Crippen LogP contribution in [-0.4, -0.2) is 14.7 Å². The molecule has 0 radical (unpaired) electrons. The lowest BCUT2D eigenvalue weighted by Crippen LogP contribution is -2.29. The molecule has 1 aliphatic rings. The molecule has 3 heterocycles. The van der Waals surface area contributed by atoms with Gasteiger partial charge in [-0.1, -0.05) is 24.3 Å². The fraction of sp³-hybridized carbons (Fsp3) is 0.158. The van der Waals surface area contributed by atoms with Crippen molar-refractivity contribution in [2.24, 2.45) is 7.05 Å². The minimum Gasteiger partial charge on any atom is -0.357 e. The molecule has 2 atom stereocenters. The molecule has 24 heavy (non-hydrogen) atoms. The molecule has 2 unspecified atom stereocenters. The number of aromatic nitrogens is 2. The highest BCUT2D eigenvalue weighted by molar-refractivity contribution is 7.80. The third-order valence-corrected chi connectivity index (χ3v) is 4.64. The van der Waals surface area contributed by atoms with E-state index in [4.69, 9.17) is 12.2 Å². The van der Waals surface area contributed by atoms with E-state index >= 15 is 0 Å². The number of para-hydroxylation sites is 1. The summed E-state index contributed by atoms with van der Waals surface area (Å²) in [6.07, 6.45) is 6.04. The van der Waals surface area contributed by atoms with E-state index in [0.717, 1.165) is 16.5 Å². The second kappa shape index (κ2) is 6.09. The van der Waals surface area contributed by atoms with E-state index in [-0.39, 0.29) is 12.1 Å². The van der Waals surface area contributed by atoms with E-state index in [1.54, 1.807) is 0 Å². The molecular formula is C19H18N4S. The van der Waals surface area contributed by atoms with Gasteiger partial charge in [0, 0.05) is 31.3 Å². The monoisotopic (exact) mass is 334 g/mol. The third kappa shape index (κ3) is 2.57. The fourth-order valence-corrected chi connectivity index (χ4v) is 3.61. The van der Waals surface area contributed by atoms with Crippen LogP contribution in [0.5, 0.6) is 0 Å². The number of anilines is 1. The molecule has 2 aromatic heterocycles. The molecule has 0 aliphatic carbocycles. The van der Waals surface area contributed by atoms with Gasteiger partial charge < -0.3 is 14.8 Å². The molecule has 4 nitrogen and oxygen atoms in total. The molecule has 0 bridgehead atoms. The van der Waals surface area contributed by atoms with Gasteiger partial charge in [-0.2, -0.15) is 0 Å². The summed E-state index contributed by atoms with van der Waals surface area (Å²) in [6.45, 7) is 0. The van der Waals surface area contributed by atoms with Gasteiger partial charge in [-0.15, -0.1) is 0 Å². The molecule has 1 fully saturated rings. The first-order chi connectivity index (χ1) is 11.7. The number of rotatable bonds is 3. The van der Waals surface area contributed by atoms with E-state index in [2.05, 4.69) is 50.4 Å². The molecule has 1 N–H and O–H groups in total. The highest BCUT2D eigenvalue weighted by Gasteiger charge is 2.40. The maximum Gasteiger partial charge on any atom is 0.174 e. The highest BCUT2D eigenvalue weighted by atomic mass is 32.1. The molecule has 4 rings (SSSR count). The van der Waals surface area contributed by atoms with Crippen LogP contribution in [0.3, 0.4) is 0 Å². The Labute approximate surface area is 146 Å². The summed E-state index contributed by atoms with van der Waals surface area (Å²) >= 11 is 5.66. The van der Waals surface area contributed by atoms with Gasteiger partial charge in [-0.25, -0.2) is 0 Å². The Morgan fingerprint density at radius 3 is 2.50 bits per heavy atom.